The fourth-order valence-corrected chi connectivity index (χ4v) is 2.30. The second kappa shape index (κ2) is 4.96. The Hall–Kier alpha value is -1.37. The zero-order valence-electron chi connectivity index (χ0n) is 9.31. The first-order chi connectivity index (χ1) is 9.13. The van der Waals surface area contributed by atoms with Gasteiger partial charge in [0, 0.05) is 15.6 Å². The predicted octanol–water partition coefficient (Wildman–Crippen LogP) is 3.94. The molecule has 0 saturated heterocycles. The lowest BCUT2D eigenvalue weighted by Crippen LogP contribution is -2.02. The topological polar surface area (TPSA) is 55.1 Å². The molecule has 96 valence electrons. The second-order valence-corrected chi connectivity index (χ2v) is 5.36. The Labute approximate surface area is 126 Å². The van der Waals surface area contributed by atoms with E-state index in [2.05, 4.69) is 36.3 Å². The van der Waals surface area contributed by atoms with Crippen LogP contribution in [0.1, 0.15) is 0 Å². The number of hydrogen-bond donors (Lipinski definition) is 1. The highest BCUT2D eigenvalue weighted by Gasteiger charge is 2.08. The van der Waals surface area contributed by atoms with Crippen molar-refractivity contribution in [2.24, 2.45) is 0 Å². The molecule has 0 aliphatic carbocycles. The van der Waals surface area contributed by atoms with Crippen LogP contribution in [0.5, 0.6) is 0 Å². The summed E-state index contributed by atoms with van der Waals surface area (Å²) >= 11 is 15.4. The molecule has 0 atom stereocenters. The second-order valence-electron chi connectivity index (χ2n) is 3.69. The van der Waals surface area contributed by atoms with Gasteiger partial charge in [0.15, 0.2) is 0 Å². The third-order valence-corrected chi connectivity index (χ3v) is 3.53. The Morgan fingerprint density at radius 2 is 2.05 bits per heavy atom. The van der Waals surface area contributed by atoms with Crippen LogP contribution in [0, 0.1) is 0 Å². The van der Waals surface area contributed by atoms with Crippen LogP contribution in [0.2, 0.25) is 10.2 Å². The molecule has 1 aromatic carbocycles. The van der Waals surface area contributed by atoms with Crippen molar-refractivity contribution in [3.8, 4) is 0 Å². The summed E-state index contributed by atoms with van der Waals surface area (Å²) in [6.07, 6.45) is 1.41. The Morgan fingerprint density at radius 3 is 2.89 bits per heavy atom. The summed E-state index contributed by atoms with van der Waals surface area (Å²) < 4.78 is 2.43. The van der Waals surface area contributed by atoms with Crippen molar-refractivity contribution in [1.82, 2.24) is 19.6 Å². The Morgan fingerprint density at radius 1 is 1.21 bits per heavy atom. The molecule has 3 aromatic rings. The number of fused-ring (bicyclic) bond motifs is 1. The minimum Gasteiger partial charge on any atom is -0.339 e. The van der Waals surface area contributed by atoms with Gasteiger partial charge < -0.3 is 5.32 Å². The van der Waals surface area contributed by atoms with Gasteiger partial charge >= 0.3 is 0 Å². The number of rotatable bonds is 2. The first-order valence-corrected chi connectivity index (χ1v) is 6.77. The van der Waals surface area contributed by atoms with Crippen LogP contribution in [0.15, 0.2) is 35.1 Å². The van der Waals surface area contributed by atoms with Crippen LogP contribution in [0.4, 0.5) is 11.5 Å². The van der Waals surface area contributed by atoms with Gasteiger partial charge in [0.1, 0.15) is 17.3 Å². The quantitative estimate of drug-likeness (QED) is 0.705. The lowest BCUT2D eigenvalue weighted by Gasteiger charge is -2.10. The average Bonchev–Trinajstić information content (AvgIpc) is 2.82. The van der Waals surface area contributed by atoms with E-state index >= 15 is 0 Å². The van der Waals surface area contributed by atoms with E-state index in [4.69, 9.17) is 23.2 Å². The number of benzene rings is 1. The van der Waals surface area contributed by atoms with Gasteiger partial charge in [0.05, 0.1) is 5.69 Å². The lowest BCUT2D eigenvalue weighted by molar-refractivity contribution is 0.947. The van der Waals surface area contributed by atoms with Gasteiger partial charge in [-0.25, -0.2) is 0 Å². The molecule has 0 aliphatic heterocycles. The highest BCUT2D eigenvalue weighted by atomic mass is 79.9. The highest BCUT2D eigenvalue weighted by molar-refractivity contribution is 9.10. The lowest BCUT2D eigenvalue weighted by atomic mass is 10.3. The van der Waals surface area contributed by atoms with E-state index < -0.39 is 0 Å². The standard InChI is InChI=1S/C11H6BrCl2N5/c12-7-2-1-6(13)3-8(7)17-10-4-9(14)18-11-15-5-16-19(10)11/h1-5,17H. The molecule has 0 radical (unpaired) electrons. The van der Waals surface area contributed by atoms with Crippen molar-refractivity contribution >= 4 is 56.4 Å². The molecule has 0 bridgehead atoms. The number of nitrogens with one attached hydrogen (secondary N) is 1. The maximum absolute atomic E-state index is 5.98. The van der Waals surface area contributed by atoms with Crippen LogP contribution in [-0.2, 0) is 0 Å². The number of nitrogens with zero attached hydrogens (tertiary/aromatic N) is 4. The van der Waals surface area contributed by atoms with Crippen molar-refractivity contribution in [2.75, 3.05) is 5.32 Å². The van der Waals surface area contributed by atoms with Crippen LogP contribution in [-0.4, -0.2) is 19.6 Å². The van der Waals surface area contributed by atoms with E-state index in [1.54, 1.807) is 22.7 Å². The smallest absolute Gasteiger partial charge is 0.255 e. The van der Waals surface area contributed by atoms with Crippen LogP contribution >= 0.6 is 39.1 Å². The van der Waals surface area contributed by atoms with Gasteiger partial charge in [-0.05, 0) is 34.1 Å². The van der Waals surface area contributed by atoms with Crippen molar-refractivity contribution in [1.29, 1.82) is 0 Å². The van der Waals surface area contributed by atoms with E-state index in [1.165, 1.54) is 6.33 Å². The summed E-state index contributed by atoms with van der Waals surface area (Å²) in [6, 6.07) is 7.10. The van der Waals surface area contributed by atoms with Crippen molar-refractivity contribution in [3.05, 3.63) is 45.2 Å². The minimum absolute atomic E-state index is 0.334. The monoisotopic (exact) mass is 357 g/mol. The predicted molar refractivity (Wildman–Crippen MR) is 78.2 cm³/mol. The highest BCUT2D eigenvalue weighted by Crippen LogP contribution is 2.29. The number of aromatic nitrogens is 4. The van der Waals surface area contributed by atoms with Gasteiger partial charge in [-0.2, -0.15) is 19.6 Å². The first-order valence-electron chi connectivity index (χ1n) is 5.22. The summed E-state index contributed by atoms with van der Waals surface area (Å²) in [4.78, 5) is 8.06. The van der Waals surface area contributed by atoms with E-state index in [-0.39, 0.29) is 0 Å². The fourth-order valence-electron chi connectivity index (χ4n) is 1.60. The molecule has 19 heavy (non-hydrogen) atoms. The molecule has 0 unspecified atom stereocenters. The summed E-state index contributed by atoms with van der Waals surface area (Å²) in [5, 5.41) is 8.23. The molecular formula is C11H6BrCl2N5. The summed E-state index contributed by atoms with van der Waals surface area (Å²) in [5.74, 6) is 1.07. The van der Waals surface area contributed by atoms with Gasteiger partial charge in [-0.3, -0.25) is 0 Å². The zero-order valence-corrected chi connectivity index (χ0v) is 12.4. The third-order valence-electron chi connectivity index (χ3n) is 2.41. The van der Waals surface area contributed by atoms with Gasteiger partial charge in [-0.15, -0.1) is 0 Å². The SMILES string of the molecule is Clc1ccc(Br)c(Nc2cc(Cl)nc3ncnn23)c1. The van der Waals surface area contributed by atoms with Crippen LogP contribution < -0.4 is 5.32 Å². The maximum Gasteiger partial charge on any atom is 0.255 e. The molecule has 0 amide bonds. The third kappa shape index (κ3) is 2.51. The first kappa shape index (κ1) is 12.7. The molecule has 2 heterocycles. The average molecular weight is 359 g/mol. The van der Waals surface area contributed by atoms with Crippen molar-refractivity contribution in [2.45, 2.75) is 0 Å². The molecule has 3 rings (SSSR count). The van der Waals surface area contributed by atoms with E-state index in [0.29, 0.717) is 21.8 Å². The van der Waals surface area contributed by atoms with Crippen molar-refractivity contribution in [3.63, 3.8) is 0 Å². The van der Waals surface area contributed by atoms with Crippen LogP contribution in [0.3, 0.4) is 0 Å². The largest absolute Gasteiger partial charge is 0.339 e. The van der Waals surface area contributed by atoms with Crippen molar-refractivity contribution < 1.29 is 0 Å². The van der Waals surface area contributed by atoms with E-state index in [9.17, 15) is 0 Å². The number of anilines is 2. The molecule has 8 heteroatoms. The van der Waals surface area contributed by atoms with E-state index in [1.807, 2.05) is 6.07 Å². The fraction of sp³-hybridized carbons (Fsp3) is 0. The van der Waals surface area contributed by atoms with E-state index in [0.717, 1.165) is 10.2 Å². The summed E-state index contributed by atoms with van der Waals surface area (Å²) in [5.41, 5.74) is 0.798. The van der Waals surface area contributed by atoms with Gasteiger partial charge in [-0.1, -0.05) is 23.2 Å². The number of halogens is 3. The molecular weight excluding hydrogens is 353 g/mol. The normalized spacial score (nSPS) is 10.9. The van der Waals surface area contributed by atoms with Gasteiger partial charge in [0.25, 0.3) is 5.78 Å². The molecule has 0 aliphatic rings. The Bertz CT molecular complexity index is 758. The minimum atomic E-state index is 0.334. The van der Waals surface area contributed by atoms with Gasteiger partial charge in [0.2, 0.25) is 0 Å². The Balaban J connectivity index is 2.10. The molecule has 0 spiro atoms. The molecule has 1 N–H and O–H groups in total. The zero-order chi connectivity index (χ0) is 13.4. The molecule has 0 saturated carbocycles. The maximum atomic E-state index is 5.98. The molecule has 0 fully saturated rings. The summed E-state index contributed by atoms with van der Waals surface area (Å²) in [7, 11) is 0. The molecule has 5 nitrogen and oxygen atoms in total. The summed E-state index contributed by atoms with van der Waals surface area (Å²) in [6.45, 7) is 0. The molecule has 2 aromatic heterocycles. The number of hydrogen-bond acceptors (Lipinski definition) is 4. The van der Waals surface area contributed by atoms with Crippen LogP contribution in [0.25, 0.3) is 5.78 Å². The Kier molecular flexibility index (Phi) is 3.30.